The van der Waals surface area contributed by atoms with Gasteiger partial charge >= 0.3 is 6.03 Å². The van der Waals surface area contributed by atoms with E-state index in [9.17, 15) is 4.79 Å². The van der Waals surface area contributed by atoms with E-state index in [-0.39, 0.29) is 6.03 Å². The van der Waals surface area contributed by atoms with Crippen LogP contribution in [0.25, 0.3) is 0 Å². The average Bonchev–Trinajstić information content (AvgIpc) is 2.47. The molecule has 2 aliphatic rings. The maximum Gasteiger partial charge on any atom is 0.322 e. The average molecular weight is 273 g/mol. The van der Waals surface area contributed by atoms with Crippen LogP contribution in [0.15, 0.2) is 18.2 Å². The van der Waals surface area contributed by atoms with Crippen molar-refractivity contribution in [2.24, 2.45) is 0 Å². The number of nitrogens with one attached hydrogen (secondary N) is 1. The molecule has 0 bridgehead atoms. The van der Waals surface area contributed by atoms with Gasteiger partial charge in [0.1, 0.15) is 0 Å². The quantitative estimate of drug-likeness (QED) is 0.899. The molecule has 0 spiro atoms. The molecule has 108 valence electrons. The highest BCUT2D eigenvalue weighted by molar-refractivity contribution is 5.92. The summed E-state index contributed by atoms with van der Waals surface area (Å²) >= 11 is 0. The molecule has 1 fully saturated rings. The van der Waals surface area contributed by atoms with Gasteiger partial charge in [0.2, 0.25) is 0 Å². The van der Waals surface area contributed by atoms with Crippen molar-refractivity contribution in [3.05, 3.63) is 29.3 Å². The van der Waals surface area contributed by atoms with Crippen molar-refractivity contribution in [1.29, 1.82) is 0 Å². The van der Waals surface area contributed by atoms with Crippen LogP contribution in [0.2, 0.25) is 0 Å². The molecule has 1 saturated heterocycles. The van der Waals surface area contributed by atoms with Crippen molar-refractivity contribution >= 4 is 11.7 Å². The second kappa shape index (κ2) is 5.44. The molecular formula is C16H23N3O. The maximum atomic E-state index is 12.3. The third-order valence-corrected chi connectivity index (χ3v) is 4.55. The summed E-state index contributed by atoms with van der Waals surface area (Å²) in [6, 6.07) is 6.69. The molecule has 2 heterocycles. The van der Waals surface area contributed by atoms with Gasteiger partial charge in [0.15, 0.2) is 0 Å². The summed E-state index contributed by atoms with van der Waals surface area (Å²) in [5, 5.41) is 3.03. The third kappa shape index (κ3) is 2.52. The van der Waals surface area contributed by atoms with Gasteiger partial charge in [-0.3, -0.25) is 0 Å². The van der Waals surface area contributed by atoms with Gasteiger partial charge in [0, 0.05) is 31.4 Å². The minimum absolute atomic E-state index is 0.0660. The number of likely N-dealkylation sites (tertiary alicyclic amines) is 1. The zero-order valence-corrected chi connectivity index (χ0v) is 12.4. The predicted octanol–water partition coefficient (Wildman–Crippen LogP) is 2.83. The normalized spacial score (nSPS) is 20.7. The standard InChI is InChI=1S/C16H23N3O/c1-3-18-8-6-14(7-9-18)19-11-13-10-12(2)4-5-15(13)17-16(19)20/h4-5,10,14H,3,6-9,11H2,1-2H3,(H,17,20). The van der Waals surface area contributed by atoms with E-state index in [2.05, 4.69) is 36.2 Å². The first-order chi connectivity index (χ1) is 9.67. The molecule has 0 atom stereocenters. The van der Waals surface area contributed by atoms with Crippen molar-refractivity contribution in [2.75, 3.05) is 25.0 Å². The van der Waals surface area contributed by atoms with E-state index in [0.717, 1.165) is 44.7 Å². The monoisotopic (exact) mass is 273 g/mol. The molecule has 1 aromatic carbocycles. The Bertz CT molecular complexity index is 506. The number of anilines is 1. The SMILES string of the molecule is CCN1CCC(N2Cc3cc(C)ccc3NC2=O)CC1. The number of benzene rings is 1. The molecule has 1 aromatic rings. The Hall–Kier alpha value is -1.55. The fourth-order valence-corrected chi connectivity index (χ4v) is 3.26. The number of carbonyl (C=O) groups is 1. The second-order valence-corrected chi connectivity index (χ2v) is 5.88. The van der Waals surface area contributed by atoms with Gasteiger partial charge in [-0.15, -0.1) is 0 Å². The van der Waals surface area contributed by atoms with Crippen LogP contribution in [0.1, 0.15) is 30.9 Å². The minimum atomic E-state index is 0.0660. The zero-order valence-electron chi connectivity index (χ0n) is 12.4. The molecule has 4 nitrogen and oxygen atoms in total. The summed E-state index contributed by atoms with van der Waals surface area (Å²) in [5.41, 5.74) is 3.46. The number of aryl methyl sites for hydroxylation is 1. The Kier molecular flexibility index (Phi) is 3.66. The van der Waals surface area contributed by atoms with Crippen molar-refractivity contribution in [3.63, 3.8) is 0 Å². The van der Waals surface area contributed by atoms with Crippen LogP contribution in [0.5, 0.6) is 0 Å². The Morgan fingerprint density at radius 1 is 1.30 bits per heavy atom. The Morgan fingerprint density at radius 3 is 2.75 bits per heavy atom. The Labute approximate surface area is 120 Å². The van der Waals surface area contributed by atoms with Gasteiger partial charge < -0.3 is 15.1 Å². The smallest absolute Gasteiger partial charge is 0.317 e. The molecule has 2 amide bonds. The molecule has 0 unspecified atom stereocenters. The number of urea groups is 1. The number of amides is 2. The van der Waals surface area contributed by atoms with Crippen molar-refractivity contribution in [3.8, 4) is 0 Å². The topological polar surface area (TPSA) is 35.6 Å². The highest BCUT2D eigenvalue weighted by Gasteiger charge is 2.31. The molecule has 0 aliphatic carbocycles. The fraction of sp³-hybridized carbons (Fsp3) is 0.562. The number of hydrogen-bond acceptors (Lipinski definition) is 2. The van der Waals surface area contributed by atoms with E-state index in [0.29, 0.717) is 6.04 Å². The van der Waals surface area contributed by atoms with Crippen LogP contribution >= 0.6 is 0 Å². The molecule has 0 saturated carbocycles. The van der Waals surface area contributed by atoms with E-state index in [1.54, 1.807) is 0 Å². The van der Waals surface area contributed by atoms with E-state index in [1.165, 1.54) is 11.1 Å². The number of piperidine rings is 1. The Balaban J connectivity index is 1.74. The lowest BCUT2D eigenvalue weighted by atomic mass is 10.0. The summed E-state index contributed by atoms with van der Waals surface area (Å²) in [5.74, 6) is 0. The van der Waals surface area contributed by atoms with Crippen molar-refractivity contribution < 1.29 is 4.79 Å². The molecule has 0 radical (unpaired) electrons. The highest BCUT2D eigenvalue weighted by Crippen LogP contribution is 2.28. The van der Waals surface area contributed by atoms with Crippen LogP contribution < -0.4 is 5.32 Å². The van der Waals surface area contributed by atoms with E-state index in [1.807, 2.05) is 11.0 Å². The van der Waals surface area contributed by atoms with Crippen LogP contribution in [-0.4, -0.2) is 41.5 Å². The van der Waals surface area contributed by atoms with Crippen LogP contribution in [0.4, 0.5) is 10.5 Å². The van der Waals surface area contributed by atoms with Gasteiger partial charge in [-0.2, -0.15) is 0 Å². The number of hydrogen-bond donors (Lipinski definition) is 1. The lowest BCUT2D eigenvalue weighted by molar-refractivity contribution is 0.124. The summed E-state index contributed by atoms with van der Waals surface area (Å²) in [4.78, 5) is 16.8. The Morgan fingerprint density at radius 2 is 2.05 bits per heavy atom. The summed E-state index contributed by atoms with van der Waals surface area (Å²) in [7, 11) is 0. The van der Waals surface area contributed by atoms with Crippen LogP contribution in [-0.2, 0) is 6.54 Å². The molecule has 3 rings (SSSR count). The number of nitrogens with zero attached hydrogens (tertiary/aromatic N) is 2. The predicted molar refractivity (Wildman–Crippen MR) is 80.9 cm³/mol. The number of carbonyl (C=O) groups excluding carboxylic acids is 1. The lowest BCUT2D eigenvalue weighted by Crippen LogP contribution is -2.50. The third-order valence-electron chi connectivity index (χ3n) is 4.55. The first-order valence-electron chi connectivity index (χ1n) is 7.57. The van der Waals surface area contributed by atoms with Gasteiger partial charge in [-0.25, -0.2) is 4.79 Å². The van der Waals surface area contributed by atoms with Gasteiger partial charge in [0.05, 0.1) is 0 Å². The number of rotatable bonds is 2. The minimum Gasteiger partial charge on any atom is -0.317 e. The van der Waals surface area contributed by atoms with Crippen molar-refractivity contribution in [1.82, 2.24) is 9.80 Å². The van der Waals surface area contributed by atoms with Crippen LogP contribution in [0, 0.1) is 6.92 Å². The maximum absolute atomic E-state index is 12.3. The molecule has 0 aromatic heterocycles. The van der Waals surface area contributed by atoms with E-state index in [4.69, 9.17) is 0 Å². The largest absolute Gasteiger partial charge is 0.322 e. The van der Waals surface area contributed by atoms with E-state index >= 15 is 0 Å². The lowest BCUT2D eigenvalue weighted by Gasteiger charge is -2.40. The first kappa shape index (κ1) is 13.4. The molecule has 20 heavy (non-hydrogen) atoms. The molecule has 1 N–H and O–H groups in total. The molecule has 2 aliphatic heterocycles. The molecule has 4 heteroatoms. The van der Waals surface area contributed by atoms with Gasteiger partial charge in [0.25, 0.3) is 0 Å². The zero-order chi connectivity index (χ0) is 14.1. The van der Waals surface area contributed by atoms with Crippen LogP contribution in [0.3, 0.4) is 0 Å². The fourth-order valence-electron chi connectivity index (χ4n) is 3.26. The van der Waals surface area contributed by atoms with Gasteiger partial charge in [-0.05, 0) is 37.9 Å². The first-order valence-corrected chi connectivity index (χ1v) is 7.57. The highest BCUT2D eigenvalue weighted by atomic mass is 16.2. The van der Waals surface area contributed by atoms with Gasteiger partial charge in [-0.1, -0.05) is 24.6 Å². The molecular weight excluding hydrogens is 250 g/mol. The number of fused-ring (bicyclic) bond motifs is 1. The summed E-state index contributed by atoms with van der Waals surface area (Å²) in [6.45, 7) is 8.37. The van der Waals surface area contributed by atoms with E-state index < -0.39 is 0 Å². The van der Waals surface area contributed by atoms with Crippen molar-refractivity contribution in [2.45, 2.75) is 39.3 Å². The summed E-state index contributed by atoms with van der Waals surface area (Å²) in [6.07, 6.45) is 2.17. The summed E-state index contributed by atoms with van der Waals surface area (Å²) < 4.78 is 0. The second-order valence-electron chi connectivity index (χ2n) is 5.88.